The van der Waals surface area contributed by atoms with Gasteiger partial charge in [-0.15, -0.1) is 23.1 Å². The molecule has 1 aromatic carbocycles. The number of carbonyl (C=O) groups is 1. The Morgan fingerprint density at radius 3 is 2.62 bits per heavy atom. The molecule has 0 atom stereocenters. The fourth-order valence-corrected chi connectivity index (χ4v) is 3.13. The summed E-state index contributed by atoms with van der Waals surface area (Å²) in [6.07, 6.45) is 2.03. The quantitative estimate of drug-likeness (QED) is 0.726. The molecule has 1 N–H and O–H groups in total. The first-order valence-electron chi connectivity index (χ1n) is 7.02. The molecule has 122 valence electrons. The number of aromatic nitrogens is 3. The Balaban J connectivity index is 1.76. The largest absolute Gasteiger partial charge is 0.296 e. The van der Waals surface area contributed by atoms with Gasteiger partial charge in [-0.05, 0) is 24.5 Å². The van der Waals surface area contributed by atoms with Gasteiger partial charge in [-0.25, -0.2) is 9.67 Å². The van der Waals surface area contributed by atoms with Crippen molar-refractivity contribution in [1.82, 2.24) is 14.8 Å². The first-order valence-corrected chi connectivity index (χ1v) is 9.13. The van der Waals surface area contributed by atoms with Gasteiger partial charge in [-0.3, -0.25) is 14.9 Å². The second kappa shape index (κ2) is 6.98. The fraction of sp³-hybridized carbons (Fsp3) is 0.125. The lowest BCUT2D eigenvalue weighted by molar-refractivity contribution is 0.102. The molecule has 6 nitrogen and oxygen atoms in total. The number of carbonyl (C=O) groups excluding carboxylic acids is 1. The van der Waals surface area contributed by atoms with Crippen molar-refractivity contribution in [3.05, 3.63) is 57.8 Å². The van der Waals surface area contributed by atoms with Crippen molar-refractivity contribution in [3.63, 3.8) is 0 Å². The summed E-state index contributed by atoms with van der Waals surface area (Å²) in [4.78, 5) is 29.1. The van der Waals surface area contributed by atoms with E-state index < -0.39 is 5.91 Å². The van der Waals surface area contributed by atoms with Gasteiger partial charge in [0.05, 0.1) is 5.69 Å². The highest BCUT2D eigenvalue weighted by molar-refractivity contribution is 7.98. The number of hydrogen-bond acceptors (Lipinski definition) is 6. The molecule has 0 spiro atoms. The van der Waals surface area contributed by atoms with E-state index in [-0.39, 0.29) is 11.3 Å². The molecule has 0 bridgehead atoms. The van der Waals surface area contributed by atoms with Crippen molar-refractivity contribution >= 4 is 34.1 Å². The van der Waals surface area contributed by atoms with E-state index in [0.717, 1.165) is 15.9 Å². The van der Waals surface area contributed by atoms with Crippen LogP contribution in [0.5, 0.6) is 0 Å². The number of hydrogen-bond donors (Lipinski definition) is 1. The molecule has 0 unspecified atom stereocenters. The van der Waals surface area contributed by atoms with E-state index in [2.05, 4.69) is 15.4 Å². The summed E-state index contributed by atoms with van der Waals surface area (Å²) in [7, 11) is 1.50. The van der Waals surface area contributed by atoms with E-state index in [1.54, 1.807) is 11.8 Å². The number of anilines is 1. The molecule has 0 aliphatic carbocycles. The summed E-state index contributed by atoms with van der Waals surface area (Å²) in [6.45, 7) is 0. The van der Waals surface area contributed by atoms with Crippen LogP contribution in [-0.2, 0) is 7.05 Å². The van der Waals surface area contributed by atoms with E-state index in [4.69, 9.17) is 0 Å². The maximum absolute atomic E-state index is 12.2. The highest BCUT2D eigenvalue weighted by Gasteiger charge is 2.12. The Morgan fingerprint density at radius 1 is 1.21 bits per heavy atom. The number of benzene rings is 1. The third-order valence-electron chi connectivity index (χ3n) is 3.30. The zero-order chi connectivity index (χ0) is 17.1. The molecule has 24 heavy (non-hydrogen) atoms. The third kappa shape index (κ3) is 3.55. The molecule has 3 aromatic rings. The molecule has 0 saturated heterocycles. The van der Waals surface area contributed by atoms with Gasteiger partial charge in [0, 0.05) is 29.0 Å². The van der Waals surface area contributed by atoms with Crippen molar-refractivity contribution in [2.45, 2.75) is 4.90 Å². The van der Waals surface area contributed by atoms with Crippen LogP contribution in [0.3, 0.4) is 0 Å². The summed E-state index contributed by atoms with van der Waals surface area (Å²) in [5.41, 5.74) is 1.69. The number of nitrogens with zero attached hydrogens (tertiary/aromatic N) is 3. The Bertz CT molecular complexity index is 932. The van der Waals surface area contributed by atoms with Gasteiger partial charge in [-0.2, -0.15) is 5.10 Å². The van der Waals surface area contributed by atoms with Crippen molar-refractivity contribution in [3.8, 4) is 11.3 Å². The van der Waals surface area contributed by atoms with Crippen molar-refractivity contribution in [2.75, 3.05) is 11.6 Å². The van der Waals surface area contributed by atoms with Crippen LogP contribution in [0.4, 0.5) is 5.13 Å². The van der Waals surface area contributed by atoms with Crippen LogP contribution in [0.1, 0.15) is 10.5 Å². The minimum atomic E-state index is -0.399. The predicted molar refractivity (Wildman–Crippen MR) is 96.8 cm³/mol. The average Bonchev–Trinajstić information content (AvgIpc) is 3.06. The Hall–Kier alpha value is -2.45. The standard InChI is InChI=1S/C16H14N4O2S2/c1-20-14(21)8-7-12(19-20)15(22)18-16-17-13(9-24-16)10-3-5-11(23-2)6-4-10/h3-9H,1-2H3,(H,17,18,22). The fourth-order valence-electron chi connectivity index (χ4n) is 2.01. The number of aryl methyl sites for hydroxylation is 1. The van der Waals surface area contributed by atoms with E-state index >= 15 is 0 Å². The first kappa shape index (κ1) is 16.4. The monoisotopic (exact) mass is 358 g/mol. The van der Waals surface area contributed by atoms with Gasteiger partial charge in [0.15, 0.2) is 5.13 Å². The summed E-state index contributed by atoms with van der Waals surface area (Å²) < 4.78 is 1.12. The Labute approximate surface area is 146 Å². The molecule has 2 heterocycles. The molecular weight excluding hydrogens is 344 g/mol. The third-order valence-corrected chi connectivity index (χ3v) is 4.80. The first-order chi connectivity index (χ1) is 11.6. The lowest BCUT2D eigenvalue weighted by Gasteiger charge is -2.02. The summed E-state index contributed by atoms with van der Waals surface area (Å²) in [5, 5.41) is 9.00. The van der Waals surface area contributed by atoms with Crippen LogP contribution < -0.4 is 10.9 Å². The number of nitrogens with one attached hydrogen (secondary N) is 1. The van der Waals surface area contributed by atoms with Crippen LogP contribution in [0.25, 0.3) is 11.3 Å². The summed E-state index contributed by atoms with van der Waals surface area (Å²) in [6, 6.07) is 10.8. The van der Waals surface area contributed by atoms with Gasteiger partial charge >= 0.3 is 0 Å². The van der Waals surface area contributed by atoms with Crippen molar-refractivity contribution in [2.24, 2.45) is 7.05 Å². The minimum Gasteiger partial charge on any atom is -0.296 e. The molecule has 0 aliphatic rings. The molecule has 0 radical (unpaired) electrons. The second-order valence-corrected chi connectivity index (χ2v) is 6.64. The molecule has 0 fully saturated rings. The SMILES string of the molecule is CSc1ccc(-c2csc(NC(=O)c3ccc(=O)n(C)n3)n2)cc1. The normalized spacial score (nSPS) is 10.6. The lowest BCUT2D eigenvalue weighted by atomic mass is 10.2. The van der Waals surface area contributed by atoms with E-state index in [9.17, 15) is 9.59 Å². The maximum atomic E-state index is 12.2. The number of thioether (sulfide) groups is 1. The van der Waals surface area contributed by atoms with Gasteiger partial charge in [0.2, 0.25) is 0 Å². The highest BCUT2D eigenvalue weighted by atomic mass is 32.2. The topological polar surface area (TPSA) is 76.9 Å². The van der Waals surface area contributed by atoms with Gasteiger partial charge in [0.25, 0.3) is 11.5 Å². The van der Waals surface area contributed by atoms with E-state index in [1.165, 1.54) is 35.4 Å². The minimum absolute atomic E-state index is 0.165. The summed E-state index contributed by atoms with van der Waals surface area (Å²) >= 11 is 3.02. The molecule has 0 saturated carbocycles. The Kier molecular flexibility index (Phi) is 4.77. The smallest absolute Gasteiger partial charge is 0.277 e. The predicted octanol–water partition coefficient (Wildman–Crippen LogP) is 2.88. The summed E-state index contributed by atoms with van der Waals surface area (Å²) in [5.74, 6) is -0.399. The van der Waals surface area contributed by atoms with Gasteiger partial charge in [0.1, 0.15) is 5.69 Å². The second-order valence-electron chi connectivity index (χ2n) is 4.90. The van der Waals surface area contributed by atoms with E-state index in [1.807, 2.05) is 35.9 Å². The zero-order valence-corrected chi connectivity index (χ0v) is 14.6. The van der Waals surface area contributed by atoms with Crippen LogP contribution in [-0.4, -0.2) is 26.9 Å². The molecule has 8 heteroatoms. The molecular formula is C16H14N4O2S2. The maximum Gasteiger partial charge on any atom is 0.277 e. The lowest BCUT2D eigenvalue weighted by Crippen LogP contribution is -2.23. The van der Waals surface area contributed by atoms with Crippen LogP contribution in [0, 0.1) is 0 Å². The number of rotatable bonds is 4. The Morgan fingerprint density at radius 2 is 1.96 bits per heavy atom. The average molecular weight is 358 g/mol. The van der Waals surface area contributed by atoms with Crippen LogP contribution in [0.15, 0.2) is 51.5 Å². The molecule has 0 aliphatic heterocycles. The molecule has 3 rings (SSSR count). The molecule has 1 amide bonds. The number of amides is 1. The van der Waals surface area contributed by atoms with Crippen molar-refractivity contribution < 1.29 is 4.79 Å². The van der Waals surface area contributed by atoms with E-state index in [0.29, 0.717) is 5.13 Å². The zero-order valence-electron chi connectivity index (χ0n) is 13.0. The van der Waals surface area contributed by atoms with Gasteiger partial charge < -0.3 is 0 Å². The van der Waals surface area contributed by atoms with Crippen LogP contribution >= 0.6 is 23.1 Å². The highest BCUT2D eigenvalue weighted by Crippen LogP contribution is 2.26. The number of thiazole rings is 1. The van der Waals surface area contributed by atoms with Gasteiger partial charge in [-0.1, -0.05) is 12.1 Å². The van der Waals surface area contributed by atoms with Crippen molar-refractivity contribution in [1.29, 1.82) is 0 Å². The van der Waals surface area contributed by atoms with Crippen LogP contribution in [0.2, 0.25) is 0 Å². The molecule has 2 aromatic heterocycles.